The maximum Gasteiger partial charge on any atom is 0.326 e. The highest BCUT2D eigenvalue weighted by molar-refractivity contribution is 5.96. The molecule has 1 amide bonds. The highest BCUT2D eigenvalue weighted by atomic mass is 16.5. The van der Waals surface area contributed by atoms with Gasteiger partial charge in [0.1, 0.15) is 12.1 Å². The average Bonchev–Trinajstić information content (AvgIpc) is 3.04. The Morgan fingerprint density at radius 1 is 0.918 bits per heavy atom. The molecule has 0 aromatic heterocycles. The molecular formula is C42H59NO6. The number of rotatable bonds is 7. The van der Waals surface area contributed by atoms with Gasteiger partial charge >= 0.3 is 11.9 Å². The van der Waals surface area contributed by atoms with Gasteiger partial charge in [-0.25, -0.2) is 4.79 Å². The van der Waals surface area contributed by atoms with E-state index in [9.17, 15) is 24.3 Å². The normalized spacial score (nSPS) is 41.5. The summed E-state index contributed by atoms with van der Waals surface area (Å²) in [6.07, 6.45) is 10.3. The van der Waals surface area contributed by atoms with Crippen LogP contribution in [0.1, 0.15) is 125 Å². The van der Waals surface area contributed by atoms with Crippen molar-refractivity contribution in [3.63, 3.8) is 0 Å². The van der Waals surface area contributed by atoms with Crippen LogP contribution in [-0.2, 0) is 30.3 Å². The maximum atomic E-state index is 14.8. The summed E-state index contributed by atoms with van der Waals surface area (Å²) >= 11 is 0. The molecule has 0 saturated heterocycles. The van der Waals surface area contributed by atoms with Crippen molar-refractivity contribution in [3.05, 3.63) is 47.5 Å². The van der Waals surface area contributed by atoms with Crippen molar-refractivity contribution in [1.82, 2.24) is 5.32 Å². The Hall–Kier alpha value is -2.96. The summed E-state index contributed by atoms with van der Waals surface area (Å²) in [7, 11) is 0. The number of carboxylic acids is 1. The van der Waals surface area contributed by atoms with E-state index in [0.717, 1.165) is 50.5 Å². The second kappa shape index (κ2) is 12.1. The lowest BCUT2D eigenvalue weighted by molar-refractivity contribution is -0.210. The van der Waals surface area contributed by atoms with E-state index in [1.54, 1.807) is 0 Å². The number of hydrogen-bond donors (Lipinski definition) is 2. The Morgan fingerprint density at radius 3 is 2.24 bits per heavy atom. The van der Waals surface area contributed by atoms with E-state index in [1.165, 1.54) is 5.57 Å². The van der Waals surface area contributed by atoms with Gasteiger partial charge in [-0.1, -0.05) is 91.3 Å². The smallest absolute Gasteiger partial charge is 0.326 e. The lowest BCUT2D eigenvalue weighted by atomic mass is 9.33. The number of benzene rings is 1. The molecule has 1 aromatic rings. The van der Waals surface area contributed by atoms with Gasteiger partial charge in [0, 0.05) is 29.6 Å². The summed E-state index contributed by atoms with van der Waals surface area (Å²) in [5.41, 5.74) is 0.480. The van der Waals surface area contributed by atoms with E-state index in [0.29, 0.717) is 19.3 Å². The molecule has 0 heterocycles. The van der Waals surface area contributed by atoms with Gasteiger partial charge in [-0.15, -0.1) is 0 Å². The summed E-state index contributed by atoms with van der Waals surface area (Å²) in [6.45, 7) is 17.8. The minimum atomic E-state index is -1.03. The zero-order valence-electron chi connectivity index (χ0n) is 31.1. The van der Waals surface area contributed by atoms with Crippen molar-refractivity contribution in [3.8, 4) is 0 Å². The van der Waals surface area contributed by atoms with Crippen LogP contribution in [0.5, 0.6) is 0 Å². The van der Waals surface area contributed by atoms with Crippen LogP contribution in [0.25, 0.3) is 0 Å². The fourth-order valence-corrected chi connectivity index (χ4v) is 12.2. The molecule has 0 radical (unpaired) electrons. The maximum absolute atomic E-state index is 14.8. The van der Waals surface area contributed by atoms with Crippen LogP contribution < -0.4 is 5.32 Å². The molecule has 268 valence electrons. The van der Waals surface area contributed by atoms with Crippen LogP contribution in [0.2, 0.25) is 0 Å². The van der Waals surface area contributed by atoms with Crippen LogP contribution in [0.15, 0.2) is 42.0 Å². The van der Waals surface area contributed by atoms with Gasteiger partial charge in [-0.2, -0.15) is 0 Å². The monoisotopic (exact) mass is 673 g/mol. The van der Waals surface area contributed by atoms with E-state index >= 15 is 0 Å². The van der Waals surface area contributed by atoms with Crippen molar-refractivity contribution in [2.75, 3.05) is 0 Å². The Labute approximate surface area is 293 Å². The molecule has 2 N–H and O–H groups in total. The molecule has 5 aliphatic rings. The lowest BCUT2D eigenvalue weighted by Crippen LogP contribution is -2.67. The van der Waals surface area contributed by atoms with Gasteiger partial charge < -0.3 is 15.2 Å². The van der Waals surface area contributed by atoms with Gasteiger partial charge in [-0.3, -0.25) is 14.4 Å². The van der Waals surface area contributed by atoms with Crippen molar-refractivity contribution in [2.45, 2.75) is 138 Å². The predicted molar refractivity (Wildman–Crippen MR) is 189 cm³/mol. The number of aliphatic carboxylic acids is 1. The summed E-state index contributed by atoms with van der Waals surface area (Å²) in [5, 5.41) is 13.0. The first-order valence-electron chi connectivity index (χ1n) is 18.9. The highest BCUT2D eigenvalue weighted by Gasteiger charge is 2.70. The van der Waals surface area contributed by atoms with Crippen LogP contribution in [0, 0.1) is 50.2 Å². The molecule has 4 saturated carbocycles. The van der Waals surface area contributed by atoms with E-state index in [-0.39, 0.29) is 75.0 Å². The Kier molecular flexibility index (Phi) is 8.84. The minimum Gasteiger partial charge on any atom is -0.480 e. The number of carboxylic acid groups (broad SMARTS) is 1. The summed E-state index contributed by atoms with van der Waals surface area (Å²) in [4.78, 5) is 53.5. The predicted octanol–water partition coefficient (Wildman–Crippen LogP) is 8.10. The third kappa shape index (κ3) is 5.51. The Balaban J connectivity index is 1.30. The van der Waals surface area contributed by atoms with Crippen LogP contribution in [-0.4, -0.2) is 40.9 Å². The van der Waals surface area contributed by atoms with Gasteiger partial charge in [0.05, 0.1) is 0 Å². The van der Waals surface area contributed by atoms with Crippen LogP contribution >= 0.6 is 0 Å². The highest BCUT2D eigenvalue weighted by Crippen LogP contribution is 2.75. The molecule has 7 nitrogen and oxygen atoms in total. The molecule has 0 aliphatic heterocycles. The lowest BCUT2D eigenvalue weighted by Gasteiger charge is -2.70. The Morgan fingerprint density at radius 2 is 1.59 bits per heavy atom. The molecule has 1 aromatic carbocycles. The number of hydrogen-bond acceptors (Lipinski definition) is 5. The molecule has 5 aliphatic carbocycles. The number of allylic oxidation sites excluding steroid dienone is 2. The molecule has 0 bridgehead atoms. The molecule has 4 fully saturated rings. The third-order valence-electron chi connectivity index (χ3n) is 15.5. The molecule has 0 spiro atoms. The molecule has 7 heteroatoms. The first-order chi connectivity index (χ1) is 22.8. The first kappa shape index (κ1) is 35.9. The summed E-state index contributed by atoms with van der Waals surface area (Å²) in [6, 6.07) is 8.43. The average molecular weight is 674 g/mol. The topological polar surface area (TPSA) is 110 Å². The minimum absolute atomic E-state index is 0.0187. The number of ketones is 1. The van der Waals surface area contributed by atoms with Crippen LogP contribution in [0.4, 0.5) is 0 Å². The van der Waals surface area contributed by atoms with Gasteiger partial charge in [0.25, 0.3) is 0 Å². The molecule has 1 unspecified atom stereocenters. The number of esters is 1. The van der Waals surface area contributed by atoms with Crippen molar-refractivity contribution in [2.24, 2.45) is 50.2 Å². The van der Waals surface area contributed by atoms with Gasteiger partial charge in [-0.05, 0) is 103 Å². The fraction of sp³-hybridized carbons (Fsp3) is 0.714. The number of carbonyl (C=O) groups is 4. The number of carbonyl (C=O) groups excluding carboxylic acids is 3. The standard InChI is InChI=1S/C42H59NO6/c1-9-33(45)49-32-16-17-40(6)31(37(32,2)3)15-18-42(8)34(40)30(44)24-27-28-25-39(5,20-19-38(28,4)21-22-41(27,42)7)36(48)43-29(35(46)47)23-26-13-11-10-12-14-26/h10-14,24,28-29,31-32,34H,9,15-23,25H2,1-8H3,(H,43,48)(H,46,47)/t28-,29?,31-,32-,34+,38+,39-,40-,41+,42+/m0/s1. The largest absolute Gasteiger partial charge is 0.480 e. The van der Waals surface area contributed by atoms with Crippen LogP contribution in [0.3, 0.4) is 0 Å². The van der Waals surface area contributed by atoms with E-state index in [2.05, 4.69) is 46.9 Å². The first-order valence-corrected chi connectivity index (χ1v) is 18.9. The second-order valence-electron chi connectivity index (χ2n) is 18.5. The zero-order chi connectivity index (χ0) is 35.8. The number of amides is 1. The number of nitrogens with one attached hydrogen (secondary N) is 1. The van der Waals surface area contributed by atoms with Gasteiger partial charge in [0.2, 0.25) is 5.91 Å². The quantitative estimate of drug-likeness (QED) is 0.283. The second-order valence-corrected chi connectivity index (χ2v) is 18.5. The summed E-state index contributed by atoms with van der Waals surface area (Å²) < 4.78 is 6.02. The van der Waals surface area contributed by atoms with E-state index in [1.807, 2.05) is 50.3 Å². The molecular weight excluding hydrogens is 614 g/mol. The Bertz CT molecular complexity index is 1550. The molecule has 6 rings (SSSR count). The summed E-state index contributed by atoms with van der Waals surface area (Å²) in [5.74, 6) is -0.935. The van der Waals surface area contributed by atoms with Gasteiger partial charge in [0.15, 0.2) is 5.78 Å². The van der Waals surface area contributed by atoms with E-state index < -0.39 is 17.4 Å². The zero-order valence-corrected chi connectivity index (χ0v) is 31.1. The fourth-order valence-electron chi connectivity index (χ4n) is 12.2. The third-order valence-corrected chi connectivity index (χ3v) is 15.5. The SMILES string of the molecule is CCC(=O)O[C@H]1CC[C@]2(C)[C@H]3C(=O)C=C4[C@@H]5C[C@@](C)(C(=O)NC(Cc6ccccc6)C(=O)O)CC[C@]5(C)CC[C@@]4(C)[C@]3(C)CC[C@H]2C1(C)C. The van der Waals surface area contributed by atoms with Crippen molar-refractivity contribution in [1.29, 1.82) is 0 Å². The van der Waals surface area contributed by atoms with E-state index in [4.69, 9.17) is 4.74 Å². The van der Waals surface area contributed by atoms with Crippen molar-refractivity contribution < 1.29 is 29.0 Å². The number of fused-ring (bicyclic) bond motifs is 7. The molecule has 10 atom stereocenters. The van der Waals surface area contributed by atoms with Crippen molar-refractivity contribution >= 4 is 23.6 Å². The molecule has 49 heavy (non-hydrogen) atoms. The number of ether oxygens (including phenoxy) is 1.